The second kappa shape index (κ2) is 6.31. The monoisotopic (exact) mass is 263 g/mol. The van der Waals surface area contributed by atoms with Gasteiger partial charge in [0.15, 0.2) is 0 Å². The number of carbonyl (C=O) groups excluding carboxylic acids is 1. The van der Waals surface area contributed by atoms with Gasteiger partial charge in [0, 0.05) is 19.9 Å². The number of aliphatic hydroxyl groups is 1. The molecule has 1 unspecified atom stereocenters. The molecule has 0 aliphatic rings. The van der Waals surface area contributed by atoms with Crippen molar-refractivity contribution in [2.75, 3.05) is 20.3 Å². The molecule has 0 aliphatic carbocycles. The van der Waals surface area contributed by atoms with E-state index >= 15 is 0 Å². The Morgan fingerprint density at radius 1 is 1.58 bits per heavy atom. The molecule has 2 aromatic heterocycles. The highest BCUT2D eigenvalue weighted by atomic mass is 16.5. The smallest absolute Gasteiger partial charge is 0.255 e. The fraction of sp³-hybridized carbons (Fsp3) is 0.385. The van der Waals surface area contributed by atoms with Crippen molar-refractivity contribution in [2.24, 2.45) is 0 Å². The van der Waals surface area contributed by atoms with Crippen LogP contribution in [0.25, 0.3) is 5.52 Å². The summed E-state index contributed by atoms with van der Waals surface area (Å²) in [5.74, 6) is -0.211. The molecule has 2 aromatic rings. The van der Waals surface area contributed by atoms with Crippen LogP contribution in [0.2, 0.25) is 0 Å². The average molecular weight is 263 g/mol. The first kappa shape index (κ1) is 13.5. The van der Waals surface area contributed by atoms with Crippen molar-refractivity contribution in [3.05, 3.63) is 36.2 Å². The van der Waals surface area contributed by atoms with E-state index in [2.05, 4.69) is 10.4 Å². The van der Waals surface area contributed by atoms with Gasteiger partial charge in [-0.25, -0.2) is 4.52 Å². The number of amides is 1. The Hall–Kier alpha value is -1.92. The SMILES string of the molecule is COCC(CCO)NC(=O)c1cnn2ccccc12. The summed E-state index contributed by atoms with van der Waals surface area (Å²) in [5.41, 5.74) is 1.26. The number of fused-ring (bicyclic) bond motifs is 1. The van der Waals surface area contributed by atoms with Gasteiger partial charge in [-0.05, 0) is 18.6 Å². The zero-order chi connectivity index (χ0) is 13.7. The van der Waals surface area contributed by atoms with Crippen LogP contribution < -0.4 is 5.32 Å². The van der Waals surface area contributed by atoms with Crippen LogP contribution in [0.3, 0.4) is 0 Å². The molecule has 6 nitrogen and oxygen atoms in total. The Labute approximate surface area is 111 Å². The third-order valence-electron chi connectivity index (χ3n) is 2.85. The summed E-state index contributed by atoms with van der Waals surface area (Å²) in [5, 5.41) is 15.9. The van der Waals surface area contributed by atoms with Crippen molar-refractivity contribution >= 4 is 11.4 Å². The van der Waals surface area contributed by atoms with Crippen LogP contribution in [0.5, 0.6) is 0 Å². The van der Waals surface area contributed by atoms with Gasteiger partial charge in [-0.15, -0.1) is 0 Å². The highest BCUT2D eigenvalue weighted by Crippen LogP contribution is 2.10. The van der Waals surface area contributed by atoms with E-state index in [1.165, 1.54) is 6.20 Å². The van der Waals surface area contributed by atoms with Gasteiger partial charge in [-0.2, -0.15) is 5.10 Å². The third-order valence-corrected chi connectivity index (χ3v) is 2.85. The largest absolute Gasteiger partial charge is 0.396 e. The van der Waals surface area contributed by atoms with Gasteiger partial charge in [0.05, 0.1) is 29.9 Å². The minimum absolute atomic E-state index is 0.00304. The molecule has 0 fully saturated rings. The Morgan fingerprint density at radius 2 is 2.42 bits per heavy atom. The van der Waals surface area contributed by atoms with Crippen molar-refractivity contribution in [1.82, 2.24) is 14.9 Å². The first-order valence-electron chi connectivity index (χ1n) is 6.09. The van der Waals surface area contributed by atoms with Gasteiger partial charge < -0.3 is 15.2 Å². The molecular formula is C13H17N3O3. The standard InChI is InChI=1S/C13H17N3O3/c1-19-9-10(5-7-17)15-13(18)11-8-14-16-6-3-2-4-12(11)16/h2-4,6,8,10,17H,5,7,9H2,1H3,(H,15,18). The molecular weight excluding hydrogens is 246 g/mol. The van der Waals surface area contributed by atoms with Crippen LogP contribution in [0.15, 0.2) is 30.6 Å². The van der Waals surface area contributed by atoms with Gasteiger partial charge in [0.1, 0.15) is 0 Å². The van der Waals surface area contributed by atoms with Crippen molar-refractivity contribution < 1.29 is 14.6 Å². The third kappa shape index (κ3) is 3.10. The number of hydrogen-bond acceptors (Lipinski definition) is 4. The fourth-order valence-corrected chi connectivity index (χ4v) is 1.93. The molecule has 2 heterocycles. The minimum Gasteiger partial charge on any atom is -0.396 e. The second-order valence-electron chi connectivity index (χ2n) is 4.23. The Bertz CT molecular complexity index is 547. The molecule has 102 valence electrons. The number of methoxy groups -OCH3 is 1. The normalized spacial score (nSPS) is 12.5. The lowest BCUT2D eigenvalue weighted by Crippen LogP contribution is -2.38. The summed E-state index contributed by atoms with van der Waals surface area (Å²) in [7, 11) is 1.56. The quantitative estimate of drug-likeness (QED) is 0.794. The minimum atomic E-state index is -0.211. The van der Waals surface area contributed by atoms with Gasteiger partial charge in [-0.3, -0.25) is 4.79 Å². The Balaban J connectivity index is 2.14. The van der Waals surface area contributed by atoms with Crippen LogP contribution in [0, 0.1) is 0 Å². The number of hydrogen-bond donors (Lipinski definition) is 2. The Kier molecular flexibility index (Phi) is 4.48. The van der Waals surface area contributed by atoms with E-state index in [1.807, 2.05) is 18.2 Å². The molecule has 1 atom stereocenters. The maximum absolute atomic E-state index is 12.2. The Morgan fingerprint density at radius 3 is 3.16 bits per heavy atom. The molecule has 1 amide bonds. The number of rotatable bonds is 6. The van der Waals surface area contributed by atoms with Crippen LogP contribution in [-0.2, 0) is 4.74 Å². The van der Waals surface area contributed by atoms with E-state index in [0.717, 1.165) is 5.52 Å². The van der Waals surface area contributed by atoms with Gasteiger partial charge >= 0.3 is 0 Å². The lowest BCUT2D eigenvalue weighted by molar-refractivity contribution is 0.0880. The first-order chi connectivity index (χ1) is 9.26. The number of carbonyl (C=O) groups is 1. The summed E-state index contributed by atoms with van der Waals surface area (Å²) in [4.78, 5) is 12.2. The maximum atomic E-state index is 12.2. The van der Waals surface area contributed by atoms with Crippen LogP contribution in [0.4, 0.5) is 0 Å². The molecule has 19 heavy (non-hydrogen) atoms. The lowest BCUT2D eigenvalue weighted by atomic mass is 10.2. The van der Waals surface area contributed by atoms with E-state index in [0.29, 0.717) is 18.6 Å². The number of aliphatic hydroxyl groups excluding tert-OH is 1. The number of pyridine rings is 1. The van der Waals surface area contributed by atoms with Gasteiger partial charge in [-0.1, -0.05) is 6.07 Å². The molecule has 0 aliphatic heterocycles. The number of aromatic nitrogens is 2. The van der Waals surface area contributed by atoms with Crippen LogP contribution >= 0.6 is 0 Å². The molecule has 0 radical (unpaired) electrons. The molecule has 0 aromatic carbocycles. The summed E-state index contributed by atoms with van der Waals surface area (Å²) in [6, 6.07) is 5.33. The summed E-state index contributed by atoms with van der Waals surface area (Å²) in [6.45, 7) is 0.370. The van der Waals surface area contributed by atoms with E-state index in [4.69, 9.17) is 9.84 Å². The van der Waals surface area contributed by atoms with E-state index in [1.54, 1.807) is 17.8 Å². The van der Waals surface area contributed by atoms with E-state index in [-0.39, 0.29) is 18.6 Å². The average Bonchev–Trinajstić information content (AvgIpc) is 2.83. The second-order valence-corrected chi connectivity index (χ2v) is 4.23. The van der Waals surface area contributed by atoms with Crippen molar-refractivity contribution in [3.63, 3.8) is 0 Å². The number of ether oxygens (including phenoxy) is 1. The highest BCUT2D eigenvalue weighted by molar-refractivity contribution is 6.00. The first-order valence-corrected chi connectivity index (χ1v) is 6.09. The fourth-order valence-electron chi connectivity index (χ4n) is 1.93. The topological polar surface area (TPSA) is 75.9 Å². The van der Waals surface area contributed by atoms with Crippen molar-refractivity contribution in [2.45, 2.75) is 12.5 Å². The lowest BCUT2D eigenvalue weighted by Gasteiger charge is -2.16. The predicted molar refractivity (Wildman–Crippen MR) is 70.0 cm³/mol. The number of nitrogens with one attached hydrogen (secondary N) is 1. The maximum Gasteiger partial charge on any atom is 0.255 e. The van der Waals surface area contributed by atoms with Crippen molar-refractivity contribution in [1.29, 1.82) is 0 Å². The van der Waals surface area contributed by atoms with Crippen molar-refractivity contribution in [3.8, 4) is 0 Å². The zero-order valence-electron chi connectivity index (χ0n) is 10.7. The summed E-state index contributed by atoms with van der Waals surface area (Å²) >= 11 is 0. The molecule has 2 N–H and O–H groups in total. The molecule has 0 saturated heterocycles. The molecule has 6 heteroatoms. The highest BCUT2D eigenvalue weighted by Gasteiger charge is 2.16. The summed E-state index contributed by atoms with van der Waals surface area (Å²) in [6.07, 6.45) is 3.78. The number of nitrogens with zero attached hydrogens (tertiary/aromatic N) is 2. The molecule has 0 bridgehead atoms. The van der Waals surface area contributed by atoms with Crippen LogP contribution in [-0.4, -0.2) is 47.0 Å². The van der Waals surface area contributed by atoms with Gasteiger partial charge in [0.2, 0.25) is 0 Å². The van der Waals surface area contributed by atoms with E-state index < -0.39 is 0 Å². The molecule has 0 saturated carbocycles. The van der Waals surface area contributed by atoms with Crippen LogP contribution in [0.1, 0.15) is 16.8 Å². The molecule has 0 spiro atoms. The molecule has 2 rings (SSSR count). The van der Waals surface area contributed by atoms with Gasteiger partial charge in [0.25, 0.3) is 5.91 Å². The zero-order valence-corrected chi connectivity index (χ0v) is 10.7. The summed E-state index contributed by atoms with van der Waals surface area (Å²) < 4.78 is 6.66. The van der Waals surface area contributed by atoms with E-state index in [9.17, 15) is 4.79 Å². The predicted octanol–water partition coefficient (Wildman–Crippen LogP) is 0.461.